The van der Waals surface area contributed by atoms with Gasteiger partial charge in [-0.25, -0.2) is 4.79 Å². The molecule has 240 valence electrons. The molecule has 2 heterocycles. The van der Waals surface area contributed by atoms with E-state index in [-0.39, 0.29) is 39.9 Å². The van der Waals surface area contributed by atoms with Gasteiger partial charge in [-0.1, -0.05) is 79.9 Å². The van der Waals surface area contributed by atoms with Gasteiger partial charge in [0.15, 0.2) is 0 Å². The molecule has 13 heteroatoms. The summed E-state index contributed by atoms with van der Waals surface area (Å²) < 4.78 is 13.6. The van der Waals surface area contributed by atoms with Crippen molar-refractivity contribution in [2.24, 2.45) is 0 Å². The quantitative estimate of drug-likeness (QED) is 0.196. The zero-order chi connectivity index (χ0) is 32.9. The number of aromatic nitrogens is 2. The van der Waals surface area contributed by atoms with E-state index in [0.29, 0.717) is 0 Å². The first-order chi connectivity index (χ1) is 19.5. The lowest BCUT2D eigenvalue weighted by Gasteiger charge is -2.52. The molecular weight excluding hydrogens is 587 g/mol. The second-order valence-corrected chi connectivity index (χ2v) is 26.0. The largest absolute Gasteiger partial charge is 0.394 e. The zero-order valence-corrected chi connectivity index (χ0v) is 29.3. The van der Waals surface area contributed by atoms with Gasteiger partial charge >= 0.3 is 5.69 Å². The van der Waals surface area contributed by atoms with Crippen LogP contribution in [-0.2, 0) is 9.47 Å². The van der Waals surface area contributed by atoms with Gasteiger partial charge in [0.2, 0.25) is 0 Å². The molecule has 3 N–H and O–H groups in total. The van der Waals surface area contributed by atoms with Crippen LogP contribution >= 0.6 is 0 Å². The second-order valence-electron chi connectivity index (χ2n) is 14.8. The van der Waals surface area contributed by atoms with Crippen molar-refractivity contribution >= 4 is 21.8 Å². The molecule has 0 aliphatic carbocycles. The lowest BCUT2D eigenvalue weighted by atomic mass is 10.0. The van der Waals surface area contributed by atoms with Crippen molar-refractivity contribution in [1.29, 1.82) is 0 Å². The van der Waals surface area contributed by atoms with Gasteiger partial charge in [-0.15, -0.1) is 0 Å². The first kappa shape index (κ1) is 35.1. The maximum Gasteiger partial charge on any atom is 0.330 e. The zero-order valence-electron chi connectivity index (χ0n) is 27.3. The molecule has 0 bridgehead atoms. The lowest BCUT2D eigenvalue weighted by molar-refractivity contribution is -0.386. The number of aliphatic hydroxyl groups is 2. The number of para-hydroxylation sites is 1. The molecule has 3 rings (SSSR count). The summed E-state index contributed by atoms with van der Waals surface area (Å²) >= 11 is 0. The lowest BCUT2D eigenvalue weighted by Crippen LogP contribution is -2.69. The standard InChI is InChI=1S/C30H49N3O8Si2/c1-12-40-23(19-15-13-14-16-21(19)33(38)39)20-18-32(27(36)31-25(20)34)22-17-30(37,43(10,11)29(5,6)7)24(41-22)26(35)42(8,9)28(2,3)4/h13-16,18,22-24,26,35,37H,12,17H2,1-11H3,(H,31,34,36)/t22-,23?,24-,26?,30-/m1/s1. The summed E-state index contributed by atoms with van der Waals surface area (Å²) in [5, 5.41) is 34.5. The molecule has 11 nitrogen and oxygen atoms in total. The Morgan fingerprint density at radius 1 is 1.12 bits per heavy atom. The van der Waals surface area contributed by atoms with E-state index in [1.165, 1.54) is 29.0 Å². The Balaban J connectivity index is 2.23. The van der Waals surface area contributed by atoms with Crippen LogP contribution in [0.2, 0.25) is 36.3 Å². The molecule has 1 saturated heterocycles. The number of nitro groups is 1. The fourth-order valence-electron chi connectivity index (χ4n) is 5.58. The van der Waals surface area contributed by atoms with E-state index >= 15 is 0 Å². The van der Waals surface area contributed by atoms with Gasteiger partial charge in [0.05, 0.1) is 43.1 Å². The third-order valence-electron chi connectivity index (χ3n) is 10.5. The molecule has 0 radical (unpaired) electrons. The molecule has 43 heavy (non-hydrogen) atoms. The number of nitro benzene ring substituents is 1. The predicted molar refractivity (Wildman–Crippen MR) is 172 cm³/mol. The molecule has 2 unspecified atom stereocenters. The first-order valence-corrected chi connectivity index (χ1v) is 20.9. The summed E-state index contributed by atoms with van der Waals surface area (Å²) in [5.41, 5.74) is -2.52. The Hall–Kier alpha value is -2.43. The molecule has 0 amide bonds. The average molecular weight is 636 g/mol. The van der Waals surface area contributed by atoms with Crippen LogP contribution in [0.3, 0.4) is 0 Å². The highest BCUT2D eigenvalue weighted by Crippen LogP contribution is 2.54. The van der Waals surface area contributed by atoms with Gasteiger partial charge < -0.3 is 19.7 Å². The van der Waals surface area contributed by atoms with Crippen LogP contribution in [-0.4, -0.2) is 64.5 Å². The maximum atomic E-state index is 13.3. The van der Waals surface area contributed by atoms with Crippen LogP contribution in [0.5, 0.6) is 0 Å². The normalized spacial score (nSPS) is 23.3. The summed E-state index contributed by atoms with van der Waals surface area (Å²) in [7, 11) is -5.17. The highest BCUT2D eigenvalue weighted by atomic mass is 28.3. The van der Waals surface area contributed by atoms with Crippen LogP contribution in [0.15, 0.2) is 40.1 Å². The minimum Gasteiger partial charge on any atom is -0.394 e. The number of ether oxygens (including phenoxy) is 2. The van der Waals surface area contributed by atoms with Gasteiger partial charge in [-0.3, -0.25) is 24.5 Å². The van der Waals surface area contributed by atoms with Gasteiger partial charge in [0, 0.05) is 25.3 Å². The number of nitrogens with one attached hydrogen (secondary N) is 1. The van der Waals surface area contributed by atoms with Crippen LogP contribution < -0.4 is 11.2 Å². The average Bonchev–Trinajstić information content (AvgIpc) is 3.24. The van der Waals surface area contributed by atoms with Crippen molar-refractivity contribution in [3.63, 3.8) is 0 Å². The van der Waals surface area contributed by atoms with E-state index in [9.17, 15) is 29.9 Å². The summed E-state index contributed by atoms with van der Waals surface area (Å²) in [5.74, 6) is 0. The second kappa shape index (κ2) is 11.8. The minimum absolute atomic E-state index is 0.0105. The molecule has 1 aromatic carbocycles. The molecule has 1 fully saturated rings. The van der Waals surface area contributed by atoms with E-state index in [1.54, 1.807) is 13.0 Å². The number of rotatable bonds is 9. The number of H-pyrrole nitrogens is 1. The van der Waals surface area contributed by atoms with Crippen LogP contribution in [0.4, 0.5) is 5.69 Å². The van der Waals surface area contributed by atoms with Crippen molar-refractivity contribution in [3.8, 4) is 0 Å². The molecule has 0 spiro atoms. The van der Waals surface area contributed by atoms with Crippen molar-refractivity contribution in [1.82, 2.24) is 9.55 Å². The van der Waals surface area contributed by atoms with E-state index in [0.717, 1.165) is 0 Å². The van der Waals surface area contributed by atoms with Crippen molar-refractivity contribution in [3.05, 3.63) is 72.5 Å². The third-order valence-corrected chi connectivity index (χ3v) is 22.6. The fraction of sp³-hybridized carbons (Fsp3) is 0.667. The van der Waals surface area contributed by atoms with Gasteiger partial charge in [-0.05, 0) is 23.1 Å². The smallest absolute Gasteiger partial charge is 0.330 e. The number of nitrogens with zero attached hydrogens (tertiary/aromatic N) is 2. The molecule has 2 aromatic rings. The molecule has 0 saturated carbocycles. The van der Waals surface area contributed by atoms with Gasteiger partial charge in [0.25, 0.3) is 11.2 Å². The number of aliphatic hydroxyl groups excluding tert-OH is 1. The number of aromatic amines is 1. The van der Waals surface area contributed by atoms with Crippen LogP contribution in [0.25, 0.3) is 0 Å². The molecule has 1 aliphatic heterocycles. The van der Waals surface area contributed by atoms with Gasteiger partial charge in [0.1, 0.15) is 18.4 Å². The Kier molecular flexibility index (Phi) is 9.64. The van der Waals surface area contributed by atoms with E-state index in [1.807, 2.05) is 0 Å². The summed E-state index contributed by atoms with van der Waals surface area (Å²) in [6.07, 6.45) is -1.79. The summed E-state index contributed by atoms with van der Waals surface area (Å²) in [6, 6.07) is 5.99. The number of hydrogen-bond acceptors (Lipinski definition) is 8. The van der Waals surface area contributed by atoms with E-state index in [2.05, 4.69) is 72.7 Å². The highest BCUT2D eigenvalue weighted by molar-refractivity contribution is 6.84. The van der Waals surface area contributed by atoms with Gasteiger partial charge in [-0.2, -0.15) is 0 Å². The minimum atomic E-state index is -2.68. The number of hydrogen-bond donors (Lipinski definition) is 3. The maximum absolute atomic E-state index is 13.3. The Morgan fingerprint density at radius 2 is 1.70 bits per heavy atom. The first-order valence-electron chi connectivity index (χ1n) is 14.8. The predicted octanol–water partition coefficient (Wildman–Crippen LogP) is 5.05. The third kappa shape index (κ3) is 6.12. The topological polar surface area (TPSA) is 157 Å². The number of benzene rings is 1. The SMILES string of the molecule is CCOC(c1ccccc1[N+](=O)[O-])c1cn([C@H]2C[C@@](O)([Si](C)(C)C(C)(C)C)[C@@H](C(O)[Si](C)(C)C(C)(C)C)O2)c(=O)[nH]c1=O. The highest BCUT2D eigenvalue weighted by Gasteiger charge is 2.65. The van der Waals surface area contributed by atoms with Crippen LogP contribution in [0.1, 0.15) is 78.3 Å². The Morgan fingerprint density at radius 3 is 2.21 bits per heavy atom. The Labute approximate surface area is 255 Å². The molecule has 1 aliphatic rings. The summed E-state index contributed by atoms with van der Waals surface area (Å²) in [6.45, 7) is 22.6. The van der Waals surface area contributed by atoms with Crippen molar-refractivity contribution in [2.45, 2.75) is 121 Å². The molecule has 1 aromatic heterocycles. The van der Waals surface area contributed by atoms with Crippen LogP contribution in [0, 0.1) is 10.1 Å². The monoisotopic (exact) mass is 635 g/mol. The molecule has 5 atom stereocenters. The van der Waals surface area contributed by atoms with Crippen molar-refractivity contribution in [2.75, 3.05) is 6.61 Å². The molecular formula is C30H49N3O8Si2. The van der Waals surface area contributed by atoms with E-state index < -0.39 is 61.7 Å². The van der Waals surface area contributed by atoms with E-state index in [4.69, 9.17) is 9.47 Å². The summed E-state index contributed by atoms with van der Waals surface area (Å²) in [4.78, 5) is 40.1. The van der Waals surface area contributed by atoms with Crippen molar-refractivity contribution < 1.29 is 24.6 Å². The fourth-order valence-corrected chi connectivity index (χ4v) is 10.7. The Bertz CT molecular complexity index is 1460.